The summed E-state index contributed by atoms with van der Waals surface area (Å²) in [7, 11) is 0. The predicted molar refractivity (Wildman–Crippen MR) is 91.5 cm³/mol. The van der Waals surface area contributed by atoms with Gasteiger partial charge in [0.05, 0.1) is 10.6 Å². The summed E-state index contributed by atoms with van der Waals surface area (Å²) in [5, 5.41) is 1.97. The maximum atomic E-state index is 11.8. The van der Waals surface area contributed by atoms with Crippen LogP contribution in [0.25, 0.3) is 10.8 Å². The van der Waals surface area contributed by atoms with E-state index in [2.05, 4.69) is 4.98 Å². The fraction of sp³-hybridized carbons (Fsp3) is 0.176. The Balaban J connectivity index is 1.53. The highest BCUT2D eigenvalue weighted by atomic mass is 32.2. The van der Waals surface area contributed by atoms with Crippen LogP contribution in [0.3, 0.4) is 0 Å². The molecule has 0 aliphatic heterocycles. The third-order valence-electron chi connectivity index (χ3n) is 3.09. The molecule has 0 N–H and O–H groups in total. The molecule has 0 spiro atoms. The van der Waals surface area contributed by atoms with E-state index in [1.807, 2.05) is 54.8 Å². The lowest BCUT2D eigenvalue weighted by atomic mass is 10.4. The Morgan fingerprint density at radius 2 is 2.09 bits per heavy atom. The average Bonchev–Trinajstić information content (AvgIpc) is 3.21. The lowest BCUT2D eigenvalue weighted by Gasteiger charge is -2.03. The van der Waals surface area contributed by atoms with Crippen molar-refractivity contribution in [2.24, 2.45) is 0 Å². The van der Waals surface area contributed by atoms with Gasteiger partial charge in [0.2, 0.25) is 5.89 Å². The second-order valence-electron chi connectivity index (χ2n) is 4.76. The zero-order valence-corrected chi connectivity index (χ0v) is 14.2. The first-order valence-electron chi connectivity index (χ1n) is 7.06. The molecular weight excluding hydrogens is 330 g/mol. The van der Waals surface area contributed by atoms with Crippen molar-refractivity contribution >= 4 is 29.1 Å². The molecule has 118 valence electrons. The van der Waals surface area contributed by atoms with Crippen molar-refractivity contribution < 1.29 is 13.9 Å². The van der Waals surface area contributed by atoms with E-state index >= 15 is 0 Å². The van der Waals surface area contributed by atoms with Crippen molar-refractivity contribution in [3.63, 3.8) is 0 Å². The van der Waals surface area contributed by atoms with E-state index in [9.17, 15) is 4.79 Å². The summed E-state index contributed by atoms with van der Waals surface area (Å²) in [4.78, 5) is 18.2. The van der Waals surface area contributed by atoms with Crippen LogP contribution in [0.15, 0.2) is 57.2 Å². The zero-order chi connectivity index (χ0) is 16.1. The SMILES string of the molecule is Cc1oc(-c2cccs2)nc1COC(=O)CSc1ccccc1. The van der Waals surface area contributed by atoms with Crippen LogP contribution in [0.2, 0.25) is 0 Å². The Morgan fingerprint density at radius 1 is 1.26 bits per heavy atom. The van der Waals surface area contributed by atoms with E-state index in [1.165, 1.54) is 11.8 Å². The van der Waals surface area contributed by atoms with Gasteiger partial charge in [0.25, 0.3) is 0 Å². The van der Waals surface area contributed by atoms with Crippen molar-refractivity contribution in [1.29, 1.82) is 0 Å². The van der Waals surface area contributed by atoms with Gasteiger partial charge in [0.15, 0.2) is 0 Å². The van der Waals surface area contributed by atoms with Crippen LogP contribution in [0.4, 0.5) is 0 Å². The number of esters is 1. The topological polar surface area (TPSA) is 52.3 Å². The molecular formula is C17H15NO3S2. The average molecular weight is 345 g/mol. The highest BCUT2D eigenvalue weighted by Crippen LogP contribution is 2.26. The second-order valence-corrected chi connectivity index (χ2v) is 6.76. The van der Waals surface area contributed by atoms with Crippen LogP contribution in [-0.4, -0.2) is 16.7 Å². The molecule has 0 unspecified atom stereocenters. The number of aromatic nitrogens is 1. The van der Waals surface area contributed by atoms with Gasteiger partial charge in [-0.15, -0.1) is 23.1 Å². The van der Waals surface area contributed by atoms with E-state index in [1.54, 1.807) is 11.3 Å². The first-order valence-corrected chi connectivity index (χ1v) is 8.92. The Kier molecular flexibility index (Phi) is 5.15. The quantitative estimate of drug-likeness (QED) is 0.485. The lowest BCUT2D eigenvalue weighted by Crippen LogP contribution is -2.08. The molecule has 0 radical (unpaired) electrons. The number of carbonyl (C=O) groups excluding carboxylic acids is 1. The molecule has 0 saturated heterocycles. The second kappa shape index (κ2) is 7.48. The number of aryl methyl sites for hydroxylation is 1. The smallest absolute Gasteiger partial charge is 0.316 e. The van der Waals surface area contributed by atoms with E-state index in [0.717, 1.165) is 9.77 Å². The zero-order valence-electron chi connectivity index (χ0n) is 12.5. The first kappa shape index (κ1) is 15.8. The van der Waals surface area contributed by atoms with E-state index < -0.39 is 0 Å². The van der Waals surface area contributed by atoms with Gasteiger partial charge in [-0.05, 0) is 30.5 Å². The Morgan fingerprint density at radius 3 is 2.83 bits per heavy atom. The third kappa shape index (κ3) is 4.24. The molecule has 1 aromatic carbocycles. The Labute approximate surface area is 142 Å². The first-order chi connectivity index (χ1) is 11.2. The van der Waals surface area contributed by atoms with Crippen LogP contribution < -0.4 is 0 Å². The summed E-state index contributed by atoms with van der Waals surface area (Å²) in [5.74, 6) is 1.26. The Hall–Kier alpha value is -2.05. The lowest BCUT2D eigenvalue weighted by molar-refractivity contribution is -0.141. The summed E-state index contributed by atoms with van der Waals surface area (Å²) < 4.78 is 10.9. The summed E-state index contributed by atoms with van der Waals surface area (Å²) in [6, 6.07) is 13.7. The summed E-state index contributed by atoms with van der Waals surface area (Å²) >= 11 is 3.02. The molecule has 0 bridgehead atoms. The number of carbonyl (C=O) groups is 1. The van der Waals surface area contributed by atoms with E-state index in [4.69, 9.17) is 9.15 Å². The van der Waals surface area contributed by atoms with E-state index in [-0.39, 0.29) is 18.3 Å². The predicted octanol–water partition coefficient (Wildman–Crippen LogP) is 4.55. The Bertz CT molecular complexity index is 767. The van der Waals surface area contributed by atoms with Crippen LogP contribution in [-0.2, 0) is 16.1 Å². The number of hydrogen-bond acceptors (Lipinski definition) is 6. The van der Waals surface area contributed by atoms with Gasteiger partial charge in [-0.1, -0.05) is 24.3 Å². The van der Waals surface area contributed by atoms with Crippen LogP contribution in [0.1, 0.15) is 11.5 Å². The van der Waals surface area contributed by atoms with Crippen LogP contribution in [0, 0.1) is 6.92 Å². The minimum Gasteiger partial charge on any atom is -0.458 e. The maximum Gasteiger partial charge on any atom is 0.316 e. The molecule has 0 aliphatic rings. The summed E-state index contributed by atoms with van der Waals surface area (Å²) in [5.41, 5.74) is 0.659. The van der Waals surface area contributed by atoms with Gasteiger partial charge < -0.3 is 9.15 Å². The fourth-order valence-electron chi connectivity index (χ4n) is 1.92. The number of thiophene rings is 1. The van der Waals surface area contributed by atoms with Gasteiger partial charge in [0.1, 0.15) is 18.1 Å². The number of thioether (sulfide) groups is 1. The molecule has 0 amide bonds. The third-order valence-corrected chi connectivity index (χ3v) is 4.94. The molecule has 3 aromatic rings. The van der Waals surface area contributed by atoms with Crippen LogP contribution >= 0.6 is 23.1 Å². The molecule has 0 atom stereocenters. The standard InChI is InChI=1S/C17H15NO3S2/c1-12-14(18-17(21-12)15-8-5-9-22-15)10-20-16(19)11-23-13-6-3-2-4-7-13/h2-9H,10-11H2,1H3. The van der Waals surface area contributed by atoms with Crippen molar-refractivity contribution in [3.05, 3.63) is 59.3 Å². The van der Waals surface area contributed by atoms with E-state index in [0.29, 0.717) is 17.3 Å². The highest BCUT2D eigenvalue weighted by Gasteiger charge is 2.14. The van der Waals surface area contributed by atoms with Gasteiger partial charge in [-0.3, -0.25) is 4.79 Å². The fourth-order valence-corrected chi connectivity index (χ4v) is 3.28. The molecule has 2 heterocycles. The van der Waals surface area contributed by atoms with Gasteiger partial charge in [-0.2, -0.15) is 0 Å². The molecule has 2 aromatic heterocycles. The number of ether oxygens (including phenoxy) is 1. The highest BCUT2D eigenvalue weighted by molar-refractivity contribution is 8.00. The molecule has 0 aliphatic carbocycles. The molecule has 6 heteroatoms. The minimum atomic E-state index is -0.265. The van der Waals surface area contributed by atoms with Crippen molar-refractivity contribution in [3.8, 4) is 10.8 Å². The van der Waals surface area contributed by atoms with Gasteiger partial charge in [0, 0.05) is 4.90 Å². The van der Waals surface area contributed by atoms with Crippen LogP contribution in [0.5, 0.6) is 0 Å². The minimum absolute atomic E-state index is 0.134. The number of rotatable bonds is 6. The maximum absolute atomic E-state index is 11.8. The largest absolute Gasteiger partial charge is 0.458 e. The molecule has 23 heavy (non-hydrogen) atoms. The summed E-state index contributed by atoms with van der Waals surface area (Å²) in [6.07, 6.45) is 0. The molecule has 4 nitrogen and oxygen atoms in total. The number of hydrogen-bond donors (Lipinski definition) is 0. The molecule has 0 saturated carbocycles. The number of benzene rings is 1. The number of oxazole rings is 1. The van der Waals surface area contributed by atoms with Gasteiger partial charge >= 0.3 is 5.97 Å². The van der Waals surface area contributed by atoms with Crippen molar-refractivity contribution in [1.82, 2.24) is 4.98 Å². The molecule has 3 rings (SSSR count). The summed E-state index contributed by atoms with van der Waals surface area (Å²) in [6.45, 7) is 1.96. The van der Waals surface area contributed by atoms with Gasteiger partial charge in [-0.25, -0.2) is 4.98 Å². The van der Waals surface area contributed by atoms with Crippen molar-refractivity contribution in [2.45, 2.75) is 18.4 Å². The monoisotopic (exact) mass is 345 g/mol. The normalized spacial score (nSPS) is 10.7. The molecule has 0 fully saturated rings. The van der Waals surface area contributed by atoms with Crippen molar-refractivity contribution in [2.75, 3.05) is 5.75 Å². The number of nitrogens with zero attached hydrogens (tertiary/aromatic N) is 1.